The molecule has 3 aromatic rings. The van der Waals surface area contributed by atoms with Crippen LogP contribution in [0.25, 0.3) is 5.76 Å². The lowest BCUT2D eigenvalue weighted by Crippen LogP contribution is -2.29. The quantitative estimate of drug-likeness (QED) is 0.246. The number of aliphatic hydroxyl groups is 1. The highest BCUT2D eigenvalue weighted by atomic mass is 16.7. The van der Waals surface area contributed by atoms with Crippen LogP contribution in [0.2, 0.25) is 0 Å². The molecule has 8 nitrogen and oxygen atoms in total. The Labute approximate surface area is 227 Å². The van der Waals surface area contributed by atoms with E-state index in [-0.39, 0.29) is 30.6 Å². The number of methoxy groups -OCH3 is 2. The minimum atomic E-state index is -0.838. The van der Waals surface area contributed by atoms with Gasteiger partial charge in [-0.1, -0.05) is 32.0 Å². The smallest absolute Gasteiger partial charge is 0.295 e. The summed E-state index contributed by atoms with van der Waals surface area (Å²) in [6.07, 6.45) is 0. The fourth-order valence-electron chi connectivity index (χ4n) is 5.16. The maximum atomic E-state index is 13.6. The van der Waals surface area contributed by atoms with Crippen molar-refractivity contribution < 1.29 is 33.6 Å². The highest BCUT2D eigenvalue weighted by molar-refractivity contribution is 6.46. The number of hydrogen-bond acceptors (Lipinski definition) is 7. The summed E-state index contributed by atoms with van der Waals surface area (Å²) in [6.45, 7) is 6.14. The maximum absolute atomic E-state index is 13.6. The maximum Gasteiger partial charge on any atom is 0.295 e. The Balaban J connectivity index is 1.67. The third-order valence-electron chi connectivity index (χ3n) is 7.19. The number of aliphatic hydroxyl groups excluding tert-OH is 1. The number of rotatable bonds is 7. The Morgan fingerprint density at radius 3 is 2.51 bits per heavy atom. The molecule has 2 heterocycles. The number of Topliss-reactive ketones (excluding diaryl/α,β-unsaturated/α-hetero) is 1. The molecule has 5 rings (SSSR count). The van der Waals surface area contributed by atoms with Gasteiger partial charge in [0.15, 0.2) is 11.5 Å². The van der Waals surface area contributed by atoms with Crippen LogP contribution in [0.5, 0.6) is 23.0 Å². The van der Waals surface area contributed by atoms with Crippen molar-refractivity contribution in [2.45, 2.75) is 39.3 Å². The zero-order valence-corrected chi connectivity index (χ0v) is 22.6. The van der Waals surface area contributed by atoms with Crippen molar-refractivity contribution in [1.82, 2.24) is 4.90 Å². The molecular formula is C31H31NO7. The Kier molecular flexibility index (Phi) is 6.95. The predicted molar refractivity (Wildman–Crippen MR) is 145 cm³/mol. The summed E-state index contributed by atoms with van der Waals surface area (Å²) in [7, 11) is 3.15. The van der Waals surface area contributed by atoms with Crippen LogP contribution in [0.4, 0.5) is 0 Å². The van der Waals surface area contributed by atoms with E-state index in [9.17, 15) is 14.7 Å². The zero-order chi connectivity index (χ0) is 27.8. The van der Waals surface area contributed by atoms with E-state index in [2.05, 4.69) is 0 Å². The van der Waals surface area contributed by atoms with Gasteiger partial charge in [-0.25, -0.2) is 0 Å². The molecule has 1 atom stereocenters. The monoisotopic (exact) mass is 529 g/mol. The number of benzene rings is 3. The van der Waals surface area contributed by atoms with E-state index in [0.29, 0.717) is 34.1 Å². The van der Waals surface area contributed by atoms with Crippen LogP contribution in [-0.4, -0.2) is 42.7 Å². The van der Waals surface area contributed by atoms with E-state index in [0.717, 1.165) is 16.7 Å². The molecule has 0 saturated carbocycles. The van der Waals surface area contributed by atoms with Crippen molar-refractivity contribution >= 4 is 17.4 Å². The van der Waals surface area contributed by atoms with Crippen LogP contribution in [0.3, 0.4) is 0 Å². The van der Waals surface area contributed by atoms with Crippen molar-refractivity contribution in [2.75, 3.05) is 21.0 Å². The number of aryl methyl sites for hydroxylation is 1. The predicted octanol–water partition coefficient (Wildman–Crippen LogP) is 5.49. The van der Waals surface area contributed by atoms with Crippen LogP contribution in [0.1, 0.15) is 53.6 Å². The molecule has 0 aliphatic carbocycles. The van der Waals surface area contributed by atoms with Gasteiger partial charge < -0.3 is 29.0 Å². The first-order valence-corrected chi connectivity index (χ1v) is 12.7. The SMILES string of the molecule is COc1cccc(C2/C(=C(\O)c3cc(C(C)C)c(OC)cc3C)C(=O)C(=O)N2Cc2ccc3c(c2)OCO3)c1. The summed E-state index contributed by atoms with van der Waals surface area (Å²) < 4.78 is 21.9. The third-order valence-corrected chi connectivity index (χ3v) is 7.19. The third kappa shape index (κ3) is 4.67. The fourth-order valence-corrected chi connectivity index (χ4v) is 5.16. The van der Waals surface area contributed by atoms with Crippen LogP contribution in [0, 0.1) is 6.92 Å². The van der Waals surface area contributed by atoms with Crippen LogP contribution >= 0.6 is 0 Å². The van der Waals surface area contributed by atoms with E-state index in [1.807, 2.05) is 45.0 Å². The summed E-state index contributed by atoms with van der Waals surface area (Å²) in [6, 6.07) is 15.4. The topological polar surface area (TPSA) is 94.5 Å². The lowest BCUT2D eigenvalue weighted by atomic mass is 9.91. The molecule has 2 aliphatic heterocycles. The van der Waals surface area contributed by atoms with Gasteiger partial charge in [0.2, 0.25) is 6.79 Å². The van der Waals surface area contributed by atoms with Gasteiger partial charge in [0.05, 0.1) is 25.8 Å². The highest BCUT2D eigenvalue weighted by Gasteiger charge is 2.46. The Morgan fingerprint density at radius 1 is 1.03 bits per heavy atom. The highest BCUT2D eigenvalue weighted by Crippen LogP contribution is 2.43. The minimum Gasteiger partial charge on any atom is -0.507 e. The van der Waals surface area contributed by atoms with Gasteiger partial charge in [-0.2, -0.15) is 0 Å². The van der Waals surface area contributed by atoms with Gasteiger partial charge in [-0.05, 0) is 71.5 Å². The molecule has 0 bridgehead atoms. The molecule has 1 fully saturated rings. The number of amides is 1. The largest absolute Gasteiger partial charge is 0.507 e. The molecule has 3 aromatic carbocycles. The molecular weight excluding hydrogens is 498 g/mol. The fraction of sp³-hybridized carbons (Fsp3) is 0.290. The number of carbonyl (C=O) groups excluding carboxylic acids is 2. The second-order valence-corrected chi connectivity index (χ2v) is 9.96. The summed E-state index contributed by atoms with van der Waals surface area (Å²) in [5.74, 6) is 0.916. The van der Waals surface area contributed by atoms with Crippen LogP contribution in [0.15, 0.2) is 60.2 Å². The van der Waals surface area contributed by atoms with Gasteiger partial charge >= 0.3 is 0 Å². The number of hydrogen-bond donors (Lipinski definition) is 1. The van der Waals surface area contributed by atoms with Gasteiger partial charge in [-0.3, -0.25) is 9.59 Å². The Bertz CT molecular complexity index is 1490. The van der Waals surface area contributed by atoms with E-state index >= 15 is 0 Å². The van der Waals surface area contributed by atoms with Gasteiger partial charge in [-0.15, -0.1) is 0 Å². The van der Waals surface area contributed by atoms with Crippen molar-refractivity contribution in [3.05, 3.63) is 88.0 Å². The lowest BCUT2D eigenvalue weighted by Gasteiger charge is -2.26. The van der Waals surface area contributed by atoms with Gasteiger partial charge in [0, 0.05) is 12.1 Å². The Hall–Kier alpha value is -4.46. The van der Waals surface area contributed by atoms with Crippen LogP contribution in [-0.2, 0) is 16.1 Å². The van der Waals surface area contributed by atoms with E-state index in [4.69, 9.17) is 18.9 Å². The molecule has 8 heteroatoms. The van der Waals surface area contributed by atoms with Crippen molar-refractivity contribution in [1.29, 1.82) is 0 Å². The number of ketones is 1. The first-order chi connectivity index (χ1) is 18.7. The molecule has 1 unspecified atom stereocenters. The average molecular weight is 530 g/mol. The number of nitrogens with zero attached hydrogens (tertiary/aromatic N) is 1. The molecule has 0 radical (unpaired) electrons. The van der Waals surface area contributed by atoms with E-state index in [1.165, 1.54) is 4.90 Å². The normalized spacial score (nSPS) is 17.7. The number of carbonyl (C=O) groups is 2. The number of fused-ring (bicyclic) bond motifs is 1. The molecule has 2 aliphatic rings. The summed E-state index contributed by atoms with van der Waals surface area (Å²) in [5, 5.41) is 11.7. The molecule has 1 saturated heterocycles. The van der Waals surface area contributed by atoms with Crippen molar-refractivity contribution in [3.8, 4) is 23.0 Å². The molecule has 1 N–H and O–H groups in total. The van der Waals surface area contributed by atoms with Crippen LogP contribution < -0.4 is 18.9 Å². The Morgan fingerprint density at radius 2 is 1.79 bits per heavy atom. The molecule has 39 heavy (non-hydrogen) atoms. The second kappa shape index (κ2) is 10.4. The molecule has 1 amide bonds. The minimum absolute atomic E-state index is 0.0250. The van der Waals surface area contributed by atoms with E-state index < -0.39 is 17.7 Å². The molecule has 0 aromatic heterocycles. The van der Waals surface area contributed by atoms with E-state index in [1.54, 1.807) is 44.6 Å². The first kappa shape index (κ1) is 26.2. The standard InChI is InChI=1S/C31H31NO7/c1-17(2)22-14-23(18(3)11-25(22)37-5)29(33)27-28(20-7-6-8-21(13-20)36-4)32(31(35)30(27)34)15-19-9-10-24-26(12-19)39-16-38-24/h6-14,17,28,33H,15-16H2,1-5H3/b29-27+. The van der Waals surface area contributed by atoms with Crippen molar-refractivity contribution in [2.24, 2.45) is 0 Å². The summed E-state index contributed by atoms with van der Waals surface area (Å²) in [5.41, 5.74) is 3.52. The first-order valence-electron chi connectivity index (χ1n) is 12.7. The number of likely N-dealkylation sites (tertiary alicyclic amines) is 1. The molecule has 0 spiro atoms. The second-order valence-electron chi connectivity index (χ2n) is 9.96. The van der Waals surface area contributed by atoms with Crippen molar-refractivity contribution in [3.63, 3.8) is 0 Å². The molecule has 202 valence electrons. The van der Waals surface area contributed by atoms with Gasteiger partial charge in [0.25, 0.3) is 11.7 Å². The van der Waals surface area contributed by atoms with Gasteiger partial charge in [0.1, 0.15) is 17.3 Å². The summed E-state index contributed by atoms with van der Waals surface area (Å²) >= 11 is 0. The zero-order valence-electron chi connectivity index (χ0n) is 22.6. The summed E-state index contributed by atoms with van der Waals surface area (Å²) in [4.78, 5) is 28.6. The average Bonchev–Trinajstić information content (AvgIpc) is 3.50. The lowest BCUT2D eigenvalue weighted by molar-refractivity contribution is -0.140. The number of ether oxygens (including phenoxy) is 4.